The molecule has 0 saturated carbocycles. The van der Waals surface area contributed by atoms with Gasteiger partial charge in [-0.15, -0.1) is 0 Å². The molecule has 1 aliphatic rings. The smallest absolute Gasteiger partial charge is 0.274 e. The average molecular weight is 327 g/mol. The number of aromatic nitrogens is 2. The molecule has 5 heteroatoms. The molecule has 0 bridgehead atoms. The van der Waals surface area contributed by atoms with Gasteiger partial charge < -0.3 is 9.64 Å². The van der Waals surface area contributed by atoms with Crippen molar-refractivity contribution in [3.8, 4) is 17.0 Å². The Hall–Kier alpha value is -2.30. The molecule has 3 rings (SSSR count). The highest BCUT2D eigenvalue weighted by Crippen LogP contribution is 2.25. The van der Waals surface area contributed by atoms with Crippen LogP contribution in [0.3, 0.4) is 0 Å². The normalized spacial score (nSPS) is 17.8. The maximum absolute atomic E-state index is 12.9. The number of piperidine rings is 1. The van der Waals surface area contributed by atoms with E-state index in [2.05, 4.69) is 12.0 Å². The Bertz CT molecular complexity index is 706. The molecular formula is C19H25N3O2. The number of rotatable bonds is 4. The van der Waals surface area contributed by atoms with Gasteiger partial charge in [-0.25, -0.2) is 0 Å². The van der Waals surface area contributed by atoms with Gasteiger partial charge in [0.1, 0.15) is 5.75 Å². The van der Waals surface area contributed by atoms with Gasteiger partial charge in [-0.3, -0.25) is 9.48 Å². The van der Waals surface area contributed by atoms with Crippen LogP contribution in [0.4, 0.5) is 0 Å². The van der Waals surface area contributed by atoms with Crippen molar-refractivity contribution in [2.24, 2.45) is 7.05 Å². The molecule has 0 spiro atoms. The third-order valence-electron chi connectivity index (χ3n) is 4.84. The lowest BCUT2D eigenvalue weighted by Gasteiger charge is -2.34. The van der Waals surface area contributed by atoms with Crippen molar-refractivity contribution in [1.29, 1.82) is 0 Å². The highest BCUT2D eigenvalue weighted by atomic mass is 16.5. The summed E-state index contributed by atoms with van der Waals surface area (Å²) in [6, 6.07) is 10.0. The fourth-order valence-electron chi connectivity index (χ4n) is 3.44. The summed E-state index contributed by atoms with van der Waals surface area (Å²) in [6.45, 7) is 2.99. The third kappa shape index (κ3) is 3.16. The van der Waals surface area contributed by atoms with Gasteiger partial charge in [0.15, 0.2) is 5.69 Å². The van der Waals surface area contributed by atoms with Crippen LogP contribution >= 0.6 is 0 Å². The number of ether oxygens (including phenoxy) is 1. The third-order valence-corrected chi connectivity index (χ3v) is 4.84. The number of hydrogen-bond acceptors (Lipinski definition) is 3. The number of nitrogens with zero attached hydrogens (tertiary/aromatic N) is 3. The number of carbonyl (C=O) groups excluding carboxylic acids is 1. The molecule has 2 heterocycles. The number of amides is 1. The Labute approximate surface area is 143 Å². The van der Waals surface area contributed by atoms with Crippen LogP contribution in [0.1, 0.15) is 43.1 Å². The fraction of sp³-hybridized carbons (Fsp3) is 0.474. The number of likely N-dealkylation sites (tertiary alicyclic amines) is 1. The quantitative estimate of drug-likeness (QED) is 0.863. The van der Waals surface area contributed by atoms with E-state index in [9.17, 15) is 4.79 Å². The highest BCUT2D eigenvalue weighted by molar-refractivity contribution is 5.93. The predicted octanol–water partition coefficient (Wildman–Crippen LogP) is 3.50. The van der Waals surface area contributed by atoms with E-state index in [0.29, 0.717) is 11.7 Å². The zero-order valence-corrected chi connectivity index (χ0v) is 14.7. The van der Waals surface area contributed by atoms with Gasteiger partial charge in [-0.2, -0.15) is 5.10 Å². The van der Waals surface area contributed by atoms with Crippen molar-refractivity contribution in [3.63, 3.8) is 0 Å². The molecule has 1 aromatic heterocycles. The van der Waals surface area contributed by atoms with Gasteiger partial charge in [-0.05, 0) is 56.0 Å². The SMILES string of the molecule is CCC1CCCCN1C(=O)c1cc(-c2ccc(OC)cc2)n(C)n1. The van der Waals surface area contributed by atoms with Gasteiger partial charge in [-0.1, -0.05) is 6.92 Å². The minimum atomic E-state index is 0.0527. The van der Waals surface area contributed by atoms with E-state index in [0.717, 1.165) is 42.8 Å². The molecule has 0 aliphatic carbocycles. The second-order valence-corrected chi connectivity index (χ2v) is 6.32. The van der Waals surface area contributed by atoms with Gasteiger partial charge in [0, 0.05) is 25.2 Å². The standard InChI is InChI=1S/C19H25N3O2/c1-4-15-7-5-6-12-22(15)19(23)17-13-18(21(2)20-17)14-8-10-16(24-3)11-9-14/h8-11,13,15H,4-7,12H2,1-3H3. The molecule has 1 aliphatic heterocycles. The van der Waals surface area contributed by atoms with Gasteiger partial charge in [0.2, 0.25) is 0 Å². The summed E-state index contributed by atoms with van der Waals surface area (Å²) in [5.74, 6) is 0.869. The molecule has 1 fully saturated rings. The van der Waals surface area contributed by atoms with E-state index in [1.165, 1.54) is 6.42 Å². The predicted molar refractivity (Wildman–Crippen MR) is 94.2 cm³/mol. The van der Waals surface area contributed by atoms with Crippen LogP contribution in [-0.2, 0) is 7.05 Å². The summed E-state index contributed by atoms with van der Waals surface area (Å²) in [5.41, 5.74) is 2.49. The van der Waals surface area contributed by atoms with Crippen molar-refractivity contribution in [2.45, 2.75) is 38.6 Å². The largest absolute Gasteiger partial charge is 0.497 e. The summed E-state index contributed by atoms with van der Waals surface area (Å²) >= 11 is 0. The lowest BCUT2D eigenvalue weighted by molar-refractivity contribution is 0.0601. The summed E-state index contributed by atoms with van der Waals surface area (Å²) in [6.07, 6.45) is 4.40. The zero-order chi connectivity index (χ0) is 17.1. The molecule has 1 amide bonds. The van der Waals surface area contributed by atoms with E-state index in [1.54, 1.807) is 11.8 Å². The van der Waals surface area contributed by atoms with Crippen molar-refractivity contribution in [1.82, 2.24) is 14.7 Å². The molecule has 1 unspecified atom stereocenters. The van der Waals surface area contributed by atoms with Gasteiger partial charge in [0.25, 0.3) is 5.91 Å². The number of carbonyl (C=O) groups is 1. The first-order valence-electron chi connectivity index (χ1n) is 8.63. The molecule has 1 atom stereocenters. The van der Waals surface area contributed by atoms with Crippen molar-refractivity contribution < 1.29 is 9.53 Å². The van der Waals surface area contributed by atoms with Gasteiger partial charge in [0.05, 0.1) is 12.8 Å². The fourth-order valence-corrected chi connectivity index (χ4v) is 3.44. The van der Waals surface area contributed by atoms with Crippen molar-refractivity contribution >= 4 is 5.91 Å². The lowest BCUT2D eigenvalue weighted by Crippen LogP contribution is -2.43. The number of benzene rings is 1. The van der Waals surface area contributed by atoms with E-state index in [-0.39, 0.29) is 5.91 Å². The second-order valence-electron chi connectivity index (χ2n) is 6.32. The monoisotopic (exact) mass is 327 g/mol. The molecule has 24 heavy (non-hydrogen) atoms. The lowest BCUT2D eigenvalue weighted by atomic mass is 9.99. The minimum absolute atomic E-state index is 0.0527. The van der Waals surface area contributed by atoms with Crippen LogP contribution in [0.5, 0.6) is 5.75 Å². The van der Waals surface area contributed by atoms with Crippen LogP contribution < -0.4 is 4.74 Å². The van der Waals surface area contributed by atoms with E-state index >= 15 is 0 Å². The molecule has 2 aromatic rings. The summed E-state index contributed by atoms with van der Waals surface area (Å²) in [7, 11) is 3.53. The first-order chi connectivity index (χ1) is 11.6. The van der Waals surface area contributed by atoms with Crippen LogP contribution in [-0.4, -0.2) is 40.3 Å². The second kappa shape index (κ2) is 7.07. The Balaban J connectivity index is 1.86. The zero-order valence-electron chi connectivity index (χ0n) is 14.7. The van der Waals surface area contributed by atoms with Crippen LogP contribution in [0.2, 0.25) is 0 Å². The molecule has 5 nitrogen and oxygen atoms in total. The van der Waals surface area contributed by atoms with Crippen molar-refractivity contribution in [2.75, 3.05) is 13.7 Å². The van der Waals surface area contributed by atoms with Crippen LogP contribution in [0.25, 0.3) is 11.3 Å². The Morgan fingerprint density at radius 3 is 2.71 bits per heavy atom. The summed E-state index contributed by atoms with van der Waals surface area (Å²) in [4.78, 5) is 14.9. The topological polar surface area (TPSA) is 47.4 Å². The number of methoxy groups -OCH3 is 1. The molecule has 1 saturated heterocycles. The van der Waals surface area contributed by atoms with E-state index < -0.39 is 0 Å². The molecule has 0 N–H and O–H groups in total. The highest BCUT2D eigenvalue weighted by Gasteiger charge is 2.28. The summed E-state index contributed by atoms with van der Waals surface area (Å²) < 4.78 is 6.98. The number of hydrogen-bond donors (Lipinski definition) is 0. The Morgan fingerprint density at radius 2 is 2.04 bits per heavy atom. The minimum Gasteiger partial charge on any atom is -0.497 e. The van der Waals surface area contributed by atoms with E-state index in [1.807, 2.05) is 42.3 Å². The Kier molecular flexibility index (Phi) is 4.88. The van der Waals surface area contributed by atoms with E-state index in [4.69, 9.17) is 4.74 Å². The molecule has 1 aromatic carbocycles. The molecule has 0 radical (unpaired) electrons. The maximum Gasteiger partial charge on any atom is 0.274 e. The van der Waals surface area contributed by atoms with Crippen molar-refractivity contribution in [3.05, 3.63) is 36.0 Å². The van der Waals surface area contributed by atoms with Crippen LogP contribution in [0.15, 0.2) is 30.3 Å². The van der Waals surface area contributed by atoms with Crippen LogP contribution in [0, 0.1) is 0 Å². The summed E-state index contributed by atoms with van der Waals surface area (Å²) in [5, 5.41) is 4.47. The maximum atomic E-state index is 12.9. The average Bonchev–Trinajstić information content (AvgIpc) is 3.03. The van der Waals surface area contributed by atoms with Gasteiger partial charge >= 0.3 is 0 Å². The first-order valence-corrected chi connectivity index (χ1v) is 8.63. The molecule has 128 valence electrons. The molecular weight excluding hydrogens is 302 g/mol. The number of aryl methyl sites for hydroxylation is 1. The first kappa shape index (κ1) is 16.6. The Morgan fingerprint density at radius 1 is 1.29 bits per heavy atom.